The van der Waals surface area contributed by atoms with E-state index < -0.39 is 0 Å². The topological polar surface area (TPSA) is 49.6 Å². The molecule has 0 radical (unpaired) electrons. The van der Waals surface area contributed by atoms with Crippen molar-refractivity contribution in [2.24, 2.45) is 11.1 Å². The van der Waals surface area contributed by atoms with Crippen LogP contribution in [0, 0.1) is 5.41 Å². The van der Waals surface area contributed by atoms with Gasteiger partial charge in [0.25, 0.3) is 0 Å². The highest BCUT2D eigenvalue weighted by Crippen LogP contribution is 2.39. The Labute approximate surface area is 110 Å². The van der Waals surface area contributed by atoms with Crippen LogP contribution in [0.5, 0.6) is 0 Å². The lowest BCUT2D eigenvalue weighted by atomic mass is 9.83. The Hall–Kier alpha value is -0.610. The molecule has 1 amide bonds. The van der Waals surface area contributed by atoms with Crippen molar-refractivity contribution < 1.29 is 4.79 Å². The van der Waals surface area contributed by atoms with Crippen molar-refractivity contribution in [3.05, 3.63) is 0 Å². The van der Waals surface area contributed by atoms with E-state index in [1.165, 1.54) is 6.42 Å². The van der Waals surface area contributed by atoms with Crippen molar-refractivity contribution in [1.82, 2.24) is 9.80 Å². The lowest BCUT2D eigenvalue weighted by Gasteiger charge is -2.40. The maximum Gasteiger partial charge on any atom is 0.230 e. The molecule has 0 bridgehead atoms. The zero-order valence-electron chi connectivity index (χ0n) is 12.0. The number of nitrogens with zero attached hydrogens (tertiary/aromatic N) is 2. The van der Waals surface area contributed by atoms with Crippen LogP contribution in [0.25, 0.3) is 0 Å². The van der Waals surface area contributed by atoms with Gasteiger partial charge in [-0.2, -0.15) is 0 Å². The Morgan fingerprint density at radius 2 is 2.06 bits per heavy atom. The van der Waals surface area contributed by atoms with E-state index in [-0.39, 0.29) is 11.5 Å². The summed E-state index contributed by atoms with van der Waals surface area (Å²) in [6, 6.07) is 0.550. The molecule has 4 nitrogen and oxygen atoms in total. The normalized spacial score (nSPS) is 37.3. The van der Waals surface area contributed by atoms with Gasteiger partial charge in [-0.25, -0.2) is 0 Å². The Bertz CT molecular complexity index is 318. The maximum atomic E-state index is 12.7. The minimum atomic E-state index is -0.311. The Kier molecular flexibility index (Phi) is 3.97. The number of likely N-dealkylation sites (tertiary alicyclic amines) is 1. The summed E-state index contributed by atoms with van der Waals surface area (Å²) in [5.41, 5.74) is 5.85. The third kappa shape index (κ3) is 2.41. The highest BCUT2D eigenvalue weighted by Gasteiger charge is 2.45. The van der Waals surface area contributed by atoms with Crippen LogP contribution < -0.4 is 5.73 Å². The van der Waals surface area contributed by atoms with Crippen LogP contribution in [0.2, 0.25) is 0 Å². The van der Waals surface area contributed by atoms with Crippen LogP contribution >= 0.6 is 0 Å². The van der Waals surface area contributed by atoms with Crippen molar-refractivity contribution in [2.45, 2.75) is 51.1 Å². The molecule has 2 rings (SSSR count). The molecule has 3 unspecified atom stereocenters. The van der Waals surface area contributed by atoms with E-state index in [0.717, 1.165) is 38.8 Å². The molecule has 1 aliphatic carbocycles. The fourth-order valence-corrected chi connectivity index (χ4v) is 3.38. The molecule has 0 aromatic heterocycles. The fourth-order valence-electron chi connectivity index (χ4n) is 3.38. The first-order valence-electron chi connectivity index (χ1n) is 7.16. The van der Waals surface area contributed by atoms with Gasteiger partial charge in [-0.1, -0.05) is 6.42 Å². The number of hydrogen-bond acceptors (Lipinski definition) is 3. The quantitative estimate of drug-likeness (QED) is 0.800. The molecule has 1 saturated carbocycles. The van der Waals surface area contributed by atoms with Crippen LogP contribution in [0.15, 0.2) is 0 Å². The Balaban J connectivity index is 2.04. The second-order valence-corrected chi connectivity index (χ2v) is 6.43. The van der Waals surface area contributed by atoms with Crippen molar-refractivity contribution in [3.63, 3.8) is 0 Å². The number of carbonyl (C=O) groups is 1. The summed E-state index contributed by atoms with van der Waals surface area (Å²) in [5.74, 6) is 0.291. The zero-order chi connectivity index (χ0) is 13.3. The first kappa shape index (κ1) is 13.8. The van der Waals surface area contributed by atoms with Crippen molar-refractivity contribution >= 4 is 5.91 Å². The third-order valence-corrected chi connectivity index (χ3v) is 4.93. The molecule has 104 valence electrons. The molecule has 0 aromatic carbocycles. The summed E-state index contributed by atoms with van der Waals surface area (Å²) in [6.07, 6.45) is 5.34. The van der Waals surface area contributed by atoms with Gasteiger partial charge < -0.3 is 15.5 Å². The summed E-state index contributed by atoms with van der Waals surface area (Å²) < 4.78 is 0. The van der Waals surface area contributed by atoms with Gasteiger partial charge in [-0.15, -0.1) is 0 Å². The van der Waals surface area contributed by atoms with E-state index in [9.17, 15) is 4.79 Å². The number of piperidine rings is 1. The summed E-state index contributed by atoms with van der Waals surface area (Å²) in [7, 11) is 4.20. The Morgan fingerprint density at radius 3 is 2.61 bits per heavy atom. The van der Waals surface area contributed by atoms with E-state index in [1.54, 1.807) is 0 Å². The number of amides is 1. The van der Waals surface area contributed by atoms with Gasteiger partial charge in [-0.05, 0) is 46.7 Å². The lowest BCUT2D eigenvalue weighted by Crippen LogP contribution is -2.54. The minimum Gasteiger partial charge on any atom is -0.341 e. The zero-order valence-corrected chi connectivity index (χ0v) is 12.0. The van der Waals surface area contributed by atoms with Crippen molar-refractivity contribution in [1.29, 1.82) is 0 Å². The highest BCUT2D eigenvalue weighted by molar-refractivity contribution is 5.83. The summed E-state index contributed by atoms with van der Waals surface area (Å²) in [6.45, 7) is 3.84. The standard InChI is InChI=1S/C14H27N3O/c1-14(8-4-7-12(14)15)13(18)17-9-5-6-11(10-17)16(2)3/h11-12H,4-10,15H2,1-3H3. The monoisotopic (exact) mass is 253 g/mol. The van der Waals surface area contributed by atoms with Crippen LogP contribution in [0.4, 0.5) is 0 Å². The van der Waals surface area contributed by atoms with E-state index in [1.807, 2.05) is 0 Å². The van der Waals surface area contributed by atoms with E-state index in [4.69, 9.17) is 5.73 Å². The second kappa shape index (κ2) is 5.17. The van der Waals surface area contributed by atoms with Crippen LogP contribution in [0.3, 0.4) is 0 Å². The average molecular weight is 253 g/mol. The van der Waals surface area contributed by atoms with E-state index >= 15 is 0 Å². The highest BCUT2D eigenvalue weighted by atomic mass is 16.2. The van der Waals surface area contributed by atoms with Gasteiger partial charge in [0, 0.05) is 25.2 Å². The molecular formula is C14H27N3O. The molecule has 0 aromatic rings. The maximum absolute atomic E-state index is 12.7. The number of carbonyl (C=O) groups excluding carboxylic acids is 1. The lowest BCUT2D eigenvalue weighted by molar-refractivity contribution is -0.143. The molecule has 2 N–H and O–H groups in total. The van der Waals surface area contributed by atoms with E-state index in [2.05, 4.69) is 30.8 Å². The number of nitrogens with two attached hydrogens (primary N) is 1. The SMILES string of the molecule is CN(C)C1CCCN(C(=O)C2(C)CCCC2N)C1. The molecule has 2 aliphatic rings. The summed E-state index contributed by atoms with van der Waals surface area (Å²) >= 11 is 0. The molecule has 0 spiro atoms. The van der Waals surface area contributed by atoms with Gasteiger partial charge in [0.1, 0.15) is 0 Å². The first-order chi connectivity index (χ1) is 8.45. The molecule has 1 aliphatic heterocycles. The van der Waals surface area contributed by atoms with Gasteiger partial charge in [-0.3, -0.25) is 4.79 Å². The number of hydrogen-bond donors (Lipinski definition) is 1. The van der Waals surface area contributed by atoms with Gasteiger partial charge in [0.15, 0.2) is 0 Å². The molecule has 4 heteroatoms. The van der Waals surface area contributed by atoms with E-state index in [0.29, 0.717) is 11.9 Å². The third-order valence-electron chi connectivity index (χ3n) is 4.93. The second-order valence-electron chi connectivity index (χ2n) is 6.43. The molecule has 2 fully saturated rings. The largest absolute Gasteiger partial charge is 0.341 e. The molecule has 1 saturated heterocycles. The van der Waals surface area contributed by atoms with Gasteiger partial charge >= 0.3 is 0 Å². The average Bonchev–Trinajstić information content (AvgIpc) is 2.70. The van der Waals surface area contributed by atoms with Gasteiger partial charge in [0.05, 0.1) is 5.41 Å². The van der Waals surface area contributed by atoms with Crippen LogP contribution in [-0.2, 0) is 4.79 Å². The number of rotatable bonds is 2. The van der Waals surface area contributed by atoms with Crippen LogP contribution in [0.1, 0.15) is 39.0 Å². The summed E-state index contributed by atoms with van der Waals surface area (Å²) in [4.78, 5) is 17.0. The Morgan fingerprint density at radius 1 is 1.33 bits per heavy atom. The molecule has 18 heavy (non-hydrogen) atoms. The predicted molar refractivity (Wildman–Crippen MR) is 73.2 cm³/mol. The number of likely N-dealkylation sites (N-methyl/N-ethyl adjacent to an activating group) is 1. The minimum absolute atomic E-state index is 0.0460. The molecular weight excluding hydrogens is 226 g/mol. The van der Waals surface area contributed by atoms with Crippen LogP contribution in [-0.4, -0.2) is 55.0 Å². The molecule has 1 heterocycles. The van der Waals surface area contributed by atoms with Crippen molar-refractivity contribution in [2.75, 3.05) is 27.2 Å². The van der Waals surface area contributed by atoms with Gasteiger partial charge in [0.2, 0.25) is 5.91 Å². The summed E-state index contributed by atoms with van der Waals surface area (Å²) in [5, 5.41) is 0. The smallest absolute Gasteiger partial charge is 0.230 e. The first-order valence-corrected chi connectivity index (χ1v) is 7.16. The fraction of sp³-hybridized carbons (Fsp3) is 0.929. The molecule has 3 atom stereocenters. The van der Waals surface area contributed by atoms with Crippen molar-refractivity contribution in [3.8, 4) is 0 Å². The predicted octanol–water partition coefficient (Wildman–Crippen LogP) is 1.06.